The van der Waals surface area contributed by atoms with Gasteiger partial charge in [0.05, 0.1) is 6.04 Å². The van der Waals surface area contributed by atoms with Gasteiger partial charge in [-0.1, -0.05) is 43.6 Å². The normalized spacial score (nSPS) is 19.6. The van der Waals surface area contributed by atoms with E-state index in [0.717, 1.165) is 42.0 Å². The Morgan fingerprint density at radius 3 is 2.72 bits per heavy atom. The quantitative estimate of drug-likeness (QED) is 0.655. The largest absolute Gasteiger partial charge is 0.351 e. The molecule has 29 heavy (non-hydrogen) atoms. The number of hydrogen-bond acceptors (Lipinski definition) is 4. The monoisotopic (exact) mass is 414 g/mol. The van der Waals surface area contributed by atoms with E-state index in [-0.39, 0.29) is 11.9 Å². The molecule has 2 N–H and O–H groups in total. The van der Waals surface area contributed by atoms with Crippen molar-refractivity contribution in [3.05, 3.63) is 64.9 Å². The molecule has 1 aromatic carbocycles. The molecule has 1 fully saturated rings. The van der Waals surface area contributed by atoms with Gasteiger partial charge in [0.2, 0.25) is 5.91 Å². The molecular weight excluding hydrogens is 384 g/mol. The number of hydrogen-bond donors (Lipinski definition) is 2. The molecule has 0 saturated carbocycles. The SMILES string of the molecule is CCC(CC)N[C@H]1C[C@@H](C(=O)NCc2cccnc2)N(Cc2cccc(Cl)c2)C1. The fourth-order valence-electron chi connectivity index (χ4n) is 4.01. The maximum atomic E-state index is 13.0. The molecule has 0 bridgehead atoms. The third-order valence-electron chi connectivity index (χ3n) is 5.63. The Bertz CT molecular complexity index is 781. The molecule has 2 atom stereocenters. The van der Waals surface area contributed by atoms with Gasteiger partial charge in [-0.25, -0.2) is 0 Å². The second kappa shape index (κ2) is 10.7. The second-order valence-electron chi connectivity index (χ2n) is 7.77. The Balaban J connectivity index is 1.68. The van der Waals surface area contributed by atoms with Gasteiger partial charge < -0.3 is 10.6 Å². The molecule has 6 heteroatoms. The summed E-state index contributed by atoms with van der Waals surface area (Å²) < 4.78 is 0. The summed E-state index contributed by atoms with van der Waals surface area (Å²) in [4.78, 5) is 19.4. The van der Waals surface area contributed by atoms with Crippen molar-refractivity contribution >= 4 is 17.5 Å². The molecule has 0 radical (unpaired) electrons. The van der Waals surface area contributed by atoms with Crippen molar-refractivity contribution in [3.63, 3.8) is 0 Å². The summed E-state index contributed by atoms with van der Waals surface area (Å²) >= 11 is 6.17. The van der Waals surface area contributed by atoms with Gasteiger partial charge in [0.15, 0.2) is 0 Å². The van der Waals surface area contributed by atoms with E-state index in [4.69, 9.17) is 11.6 Å². The minimum absolute atomic E-state index is 0.0738. The lowest BCUT2D eigenvalue weighted by atomic mass is 10.1. The van der Waals surface area contributed by atoms with Gasteiger partial charge in [-0.2, -0.15) is 0 Å². The summed E-state index contributed by atoms with van der Waals surface area (Å²) in [5, 5.41) is 7.57. The molecule has 3 rings (SSSR count). The highest BCUT2D eigenvalue weighted by Gasteiger charge is 2.37. The zero-order valence-electron chi connectivity index (χ0n) is 17.3. The number of nitrogens with one attached hydrogen (secondary N) is 2. The predicted octanol–water partition coefficient (Wildman–Crippen LogP) is 3.77. The fraction of sp³-hybridized carbons (Fsp3) is 0.478. The van der Waals surface area contributed by atoms with Gasteiger partial charge in [0.25, 0.3) is 0 Å². The average molecular weight is 415 g/mol. The van der Waals surface area contributed by atoms with Crippen LogP contribution in [0.4, 0.5) is 0 Å². The van der Waals surface area contributed by atoms with Crippen LogP contribution in [-0.2, 0) is 17.9 Å². The summed E-state index contributed by atoms with van der Waals surface area (Å²) in [6, 6.07) is 12.4. The van der Waals surface area contributed by atoms with E-state index in [1.807, 2.05) is 30.3 Å². The van der Waals surface area contributed by atoms with Crippen LogP contribution < -0.4 is 10.6 Å². The van der Waals surface area contributed by atoms with Gasteiger partial charge >= 0.3 is 0 Å². The first-order valence-electron chi connectivity index (χ1n) is 10.5. The van der Waals surface area contributed by atoms with Crippen LogP contribution in [0.3, 0.4) is 0 Å². The maximum Gasteiger partial charge on any atom is 0.237 e. The van der Waals surface area contributed by atoms with E-state index in [2.05, 4.69) is 40.4 Å². The van der Waals surface area contributed by atoms with E-state index in [1.54, 1.807) is 12.4 Å². The summed E-state index contributed by atoms with van der Waals surface area (Å²) in [5.41, 5.74) is 2.14. The molecule has 5 nitrogen and oxygen atoms in total. The molecule has 1 aliphatic rings. The topological polar surface area (TPSA) is 57.3 Å². The lowest BCUT2D eigenvalue weighted by molar-refractivity contribution is -0.125. The standard InChI is InChI=1S/C23H31ClN4O/c1-3-20(4-2)27-21-12-22(23(29)26-14-18-8-6-10-25-13-18)28(16-21)15-17-7-5-9-19(24)11-17/h5-11,13,20-22,27H,3-4,12,14-16H2,1-2H3,(H,26,29)/t21-,22-/m0/s1. The Labute approximate surface area is 178 Å². The Morgan fingerprint density at radius 2 is 2.03 bits per heavy atom. The lowest BCUT2D eigenvalue weighted by Gasteiger charge is -2.24. The summed E-state index contributed by atoms with van der Waals surface area (Å²) in [5.74, 6) is 0.0738. The van der Waals surface area contributed by atoms with Gasteiger partial charge in [0, 0.05) is 49.1 Å². The first kappa shape index (κ1) is 21.8. The highest BCUT2D eigenvalue weighted by Crippen LogP contribution is 2.23. The lowest BCUT2D eigenvalue weighted by Crippen LogP contribution is -2.42. The zero-order valence-corrected chi connectivity index (χ0v) is 18.0. The Kier molecular flexibility index (Phi) is 8.04. The van der Waals surface area contributed by atoms with Crippen LogP contribution in [0.25, 0.3) is 0 Å². The van der Waals surface area contributed by atoms with Crippen LogP contribution in [0.2, 0.25) is 5.02 Å². The van der Waals surface area contributed by atoms with Crippen molar-refractivity contribution < 1.29 is 4.79 Å². The van der Waals surface area contributed by atoms with Gasteiger partial charge in [-0.15, -0.1) is 0 Å². The predicted molar refractivity (Wildman–Crippen MR) is 118 cm³/mol. The highest BCUT2D eigenvalue weighted by atomic mass is 35.5. The zero-order chi connectivity index (χ0) is 20.6. The molecular formula is C23H31ClN4O. The minimum Gasteiger partial charge on any atom is -0.351 e. The number of pyridine rings is 1. The summed E-state index contributed by atoms with van der Waals surface area (Å²) in [6.45, 7) is 6.48. The molecule has 156 valence electrons. The Morgan fingerprint density at radius 1 is 1.24 bits per heavy atom. The van der Waals surface area contributed by atoms with Crippen molar-refractivity contribution in [2.24, 2.45) is 0 Å². The van der Waals surface area contributed by atoms with E-state index in [1.165, 1.54) is 0 Å². The number of nitrogens with zero attached hydrogens (tertiary/aromatic N) is 2. The maximum absolute atomic E-state index is 13.0. The van der Waals surface area contributed by atoms with Crippen molar-refractivity contribution in [1.29, 1.82) is 0 Å². The number of amides is 1. The second-order valence-corrected chi connectivity index (χ2v) is 8.20. The first-order chi connectivity index (χ1) is 14.1. The van der Waals surface area contributed by atoms with Crippen LogP contribution in [0, 0.1) is 0 Å². The number of likely N-dealkylation sites (tertiary alicyclic amines) is 1. The average Bonchev–Trinajstić information content (AvgIpc) is 3.13. The van der Waals surface area contributed by atoms with E-state index < -0.39 is 0 Å². The van der Waals surface area contributed by atoms with E-state index >= 15 is 0 Å². The van der Waals surface area contributed by atoms with Crippen LogP contribution in [-0.4, -0.2) is 40.5 Å². The third-order valence-corrected chi connectivity index (χ3v) is 5.86. The van der Waals surface area contributed by atoms with Crippen molar-refractivity contribution in [1.82, 2.24) is 20.5 Å². The third kappa shape index (κ3) is 6.26. The van der Waals surface area contributed by atoms with Gasteiger partial charge in [0.1, 0.15) is 0 Å². The smallest absolute Gasteiger partial charge is 0.237 e. The first-order valence-corrected chi connectivity index (χ1v) is 10.9. The number of aromatic nitrogens is 1. The highest BCUT2D eigenvalue weighted by molar-refractivity contribution is 6.30. The van der Waals surface area contributed by atoms with Gasteiger partial charge in [-0.05, 0) is 48.6 Å². The van der Waals surface area contributed by atoms with Crippen LogP contribution >= 0.6 is 11.6 Å². The number of benzene rings is 1. The van der Waals surface area contributed by atoms with E-state index in [0.29, 0.717) is 25.2 Å². The molecule has 0 spiro atoms. The molecule has 2 heterocycles. The van der Waals surface area contributed by atoms with Crippen molar-refractivity contribution in [3.8, 4) is 0 Å². The van der Waals surface area contributed by atoms with Crippen LogP contribution in [0.15, 0.2) is 48.8 Å². The summed E-state index contributed by atoms with van der Waals surface area (Å²) in [6.07, 6.45) is 6.54. The number of carbonyl (C=O) groups is 1. The number of halogens is 1. The molecule has 1 aliphatic heterocycles. The molecule has 0 unspecified atom stereocenters. The number of rotatable bonds is 9. The Hall–Kier alpha value is -1.95. The van der Waals surface area contributed by atoms with Crippen molar-refractivity contribution in [2.45, 2.75) is 64.3 Å². The molecule has 2 aromatic rings. The van der Waals surface area contributed by atoms with E-state index in [9.17, 15) is 4.79 Å². The molecule has 1 amide bonds. The minimum atomic E-state index is -0.155. The molecule has 1 aromatic heterocycles. The summed E-state index contributed by atoms with van der Waals surface area (Å²) in [7, 11) is 0. The van der Waals surface area contributed by atoms with Crippen LogP contribution in [0.5, 0.6) is 0 Å². The molecule has 0 aliphatic carbocycles. The molecule has 1 saturated heterocycles. The van der Waals surface area contributed by atoms with Gasteiger partial charge in [-0.3, -0.25) is 14.7 Å². The van der Waals surface area contributed by atoms with Crippen LogP contribution in [0.1, 0.15) is 44.2 Å². The van der Waals surface area contributed by atoms with Crippen molar-refractivity contribution in [2.75, 3.05) is 6.54 Å². The number of carbonyl (C=O) groups excluding carboxylic acids is 1. The fourth-order valence-corrected chi connectivity index (χ4v) is 4.22.